The van der Waals surface area contributed by atoms with Crippen LogP contribution in [0.1, 0.15) is 33.8 Å². The lowest BCUT2D eigenvalue weighted by Crippen LogP contribution is -2.25. The summed E-state index contributed by atoms with van der Waals surface area (Å²) in [7, 11) is -3.54. The lowest BCUT2D eigenvalue weighted by Gasteiger charge is -2.13. The Morgan fingerprint density at radius 2 is 1.57 bits per heavy atom. The van der Waals surface area contributed by atoms with Crippen LogP contribution in [0.4, 0.5) is 0 Å². The summed E-state index contributed by atoms with van der Waals surface area (Å²) in [6.45, 7) is 9.52. The highest BCUT2D eigenvalue weighted by Gasteiger charge is 2.20. The van der Waals surface area contributed by atoms with Gasteiger partial charge >= 0.3 is 0 Å². The molecule has 0 unspecified atom stereocenters. The number of aryl methyl sites for hydroxylation is 5. The Kier molecular flexibility index (Phi) is 4.25. The van der Waals surface area contributed by atoms with E-state index in [1.807, 2.05) is 52.8 Å². The molecule has 1 aromatic carbocycles. The van der Waals surface area contributed by atoms with Crippen molar-refractivity contribution in [2.75, 3.05) is 0 Å². The van der Waals surface area contributed by atoms with Crippen molar-refractivity contribution < 1.29 is 12.8 Å². The average Bonchev–Trinajstić information content (AvgIpc) is 2.63. The molecule has 0 spiro atoms. The Bertz CT molecular complexity index is 750. The van der Waals surface area contributed by atoms with Crippen molar-refractivity contribution in [1.82, 2.24) is 4.72 Å². The third-order valence-electron chi connectivity index (χ3n) is 3.47. The van der Waals surface area contributed by atoms with E-state index in [1.54, 1.807) is 0 Å². The highest BCUT2D eigenvalue weighted by atomic mass is 32.2. The summed E-state index contributed by atoms with van der Waals surface area (Å²) in [5.74, 6) is 1.52. The van der Waals surface area contributed by atoms with Crippen molar-refractivity contribution in [3.63, 3.8) is 0 Å². The summed E-state index contributed by atoms with van der Waals surface area (Å²) >= 11 is 0. The van der Waals surface area contributed by atoms with E-state index in [0.29, 0.717) is 4.90 Å². The molecule has 2 aromatic rings. The molecule has 2 rings (SSSR count). The molecule has 1 N–H and O–H groups in total. The van der Waals surface area contributed by atoms with Gasteiger partial charge in [-0.2, -0.15) is 0 Å². The van der Waals surface area contributed by atoms with Gasteiger partial charge in [0.05, 0.1) is 4.90 Å². The lowest BCUT2D eigenvalue weighted by molar-refractivity contribution is 0.500. The standard InChI is InChI=1S/C16H21NO3S/c1-10-6-11(2)16(12(3)7-10)21(18,19)17-9-15-8-13(4)20-14(15)5/h6-8,17H,9H2,1-5H3. The first-order valence-corrected chi connectivity index (χ1v) is 8.32. The Morgan fingerprint density at radius 3 is 2.05 bits per heavy atom. The number of hydrogen-bond donors (Lipinski definition) is 1. The third-order valence-corrected chi connectivity index (χ3v) is 5.18. The molecule has 0 bridgehead atoms. The molecule has 0 fully saturated rings. The molecule has 0 saturated heterocycles. The molecule has 0 saturated carbocycles. The van der Waals surface area contributed by atoms with E-state index in [0.717, 1.165) is 33.8 Å². The number of rotatable bonds is 4. The molecule has 1 heterocycles. The molecule has 0 atom stereocenters. The van der Waals surface area contributed by atoms with Crippen molar-refractivity contribution in [3.8, 4) is 0 Å². The first kappa shape index (κ1) is 15.8. The van der Waals surface area contributed by atoms with Crippen molar-refractivity contribution in [3.05, 3.63) is 52.0 Å². The third kappa shape index (κ3) is 3.36. The van der Waals surface area contributed by atoms with Crippen LogP contribution in [0.15, 0.2) is 27.5 Å². The van der Waals surface area contributed by atoms with Crippen LogP contribution in [0.25, 0.3) is 0 Å². The highest BCUT2D eigenvalue weighted by Crippen LogP contribution is 2.22. The van der Waals surface area contributed by atoms with Crippen LogP contribution in [-0.2, 0) is 16.6 Å². The SMILES string of the molecule is Cc1cc(C)c(S(=O)(=O)NCc2cc(C)oc2C)c(C)c1. The van der Waals surface area contributed by atoms with Gasteiger partial charge in [0.15, 0.2) is 0 Å². The van der Waals surface area contributed by atoms with E-state index in [9.17, 15) is 8.42 Å². The fourth-order valence-electron chi connectivity index (χ4n) is 2.69. The van der Waals surface area contributed by atoms with Gasteiger partial charge in [-0.15, -0.1) is 0 Å². The van der Waals surface area contributed by atoms with E-state index in [-0.39, 0.29) is 6.54 Å². The van der Waals surface area contributed by atoms with Gasteiger partial charge in [0, 0.05) is 12.1 Å². The maximum absolute atomic E-state index is 12.5. The van der Waals surface area contributed by atoms with Gasteiger partial charge in [-0.1, -0.05) is 17.7 Å². The van der Waals surface area contributed by atoms with Crippen LogP contribution >= 0.6 is 0 Å². The average molecular weight is 307 g/mol. The Balaban J connectivity index is 2.29. The first-order chi connectivity index (χ1) is 9.70. The van der Waals surface area contributed by atoms with Gasteiger partial charge in [0.1, 0.15) is 11.5 Å². The van der Waals surface area contributed by atoms with Gasteiger partial charge in [0.2, 0.25) is 10.0 Å². The van der Waals surface area contributed by atoms with Crippen LogP contribution in [0.3, 0.4) is 0 Å². The fourth-order valence-corrected chi connectivity index (χ4v) is 4.15. The molecule has 1 aromatic heterocycles. The summed E-state index contributed by atoms with van der Waals surface area (Å²) in [5.41, 5.74) is 3.45. The molecule has 0 amide bonds. The molecular weight excluding hydrogens is 286 g/mol. The number of benzene rings is 1. The van der Waals surface area contributed by atoms with Crippen LogP contribution < -0.4 is 4.72 Å². The number of hydrogen-bond acceptors (Lipinski definition) is 3. The maximum atomic E-state index is 12.5. The Morgan fingerprint density at radius 1 is 1.00 bits per heavy atom. The highest BCUT2D eigenvalue weighted by molar-refractivity contribution is 7.89. The number of nitrogens with one attached hydrogen (secondary N) is 1. The number of sulfonamides is 1. The summed E-state index contributed by atoms with van der Waals surface area (Å²) in [4.78, 5) is 0.367. The van der Waals surface area contributed by atoms with Crippen molar-refractivity contribution in [1.29, 1.82) is 0 Å². The lowest BCUT2D eigenvalue weighted by atomic mass is 10.1. The summed E-state index contributed by atoms with van der Waals surface area (Å²) in [6, 6.07) is 5.62. The van der Waals surface area contributed by atoms with Gasteiger partial charge in [0.25, 0.3) is 0 Å². The second-order valence-corrected chi connectivity index (χ2v) is 7.19. The molecule has 5 heteroatoms. The first-order valence-electron chi connectivity index (χ1n) is 6.84. The molecule has 4 nitrogen and oxygen atoms in total. The summed E-state index contributed by atoms with van der Waals surface area (Å²) in [6.07, 6.45) is 0. The zero-order valence-corrected chi connectivity index (χ0v) is 13.9. The fraction of sp³-hybridized carbons (Fsp3) is 0.375. The predicted octanol–water partition coefficient (Wildman–Crippen LogP) is 3.30. The van der Waals surface area contributed by atoms with Gasteiger partial charge in [-0.3, -0.25) is 0 Å². The Labute approximate surface area is 126 Å². The number of furan rings is 1. The van der Waals surface area contributed by atoms with Crippen molar-refractivity contribution in [2.24, 2.45) is 0 Å². The summed E-state index contributed by atoms with van der Waals surface area (Å²) in [5, 5.41) is 0. The Hall–Kier alpha value is -1.59. The molecular formula is C16H21NO3S. The second kappa shape index (κ2) is 5.66. The normalized spacial score (nSPS) is 11.9. The quantitative estimate of drug-likeness (QED) is 0.943. The summed E-state index contributed by atoms with van der Waals surface area (Å²) < 4.78 is 33.1. The van der Waals surface area contributed by atoms with Gasteiger partial charge < -0.3 is 4.42 Å². The monoisotopic (exact) mass is 307 g/mol. The van der Waals surface area contributed by atoms with Crippen molar-refractivity contribution >= 4 is 10.0 Å². The minimum Gasteiger partial charge on any atom is -0.466 e. The molecule has 21 heavy (non-hydrogen) atoms. The molecule has 0 aliphatic heterocycles. The van der Waals surface area contributed by atoms with Gasteiger partial charge in [-0.05, 0) is 51.8 Å². The van der Waals surface area contributed by atoms with Crippen LogP contribution in [-0.4, -0.2) is 8.42 Å². The van der Waals surface area contributed by atoms with Gasteiger partial charge in [-0.25, -0.2) is 13.1 Å². The maximum Gasteiger partial charge on any atom is 0.241 e. The van der Waals surface area contributed by atoms with E-state index < -0.39 is 10.0 Å². The molecule has 114 valence electrons. The zero-order valence-electron chi connectivity index (χ0n) is 13.1. The van der Waals surface area contributed by atoms with Crippen LogP contribution in [0, 0.1) is 34.6 Å². The zero-order chi connectivity index (χ0) is 15.8. The smallest absolute Gasteiger partial charge is 0.241 e. The minimum atomic E-state index is -3.54. The van der Waals surface area contributed by atoms with E-state index in [4.69, 9.17) is 4.42 Å². The second-order valence-electron chi connectivity index (χ2n) is 5.49. The van der Waals surface area contributed by atoms with Crippen LogP contribution in [0.5, 0.6) is 0 Å². The van der Waals surface area contributed by atoms with Crippen molar-refractivity contribution in [2.45, 2.75) is 46.1 Å². The molecule has 0 aliphatic carbocycles. The topological polar surface area (TPSA) is 59.3 Å². The van der Waals surface area contributed by atoms with E-state index in [2.05, 4.69) is 4.72 Å². The van der Waals surface area contributed by atoms with Crippen LogP contribution in [0.2, 0.25) is 0 Å². The predicted molar refractivity (Wildman–Crippen MR) is 82.9 cm³/mol. The van der Waals surface area contributed by atoms with E-state index in [1.165, 1.54) is 0 Å². The molecule has 0 radical (unpaired) electrons. The minimum absolute atomic E-state index is 0.234. The largest absolute Gasteiger partial charge is 0.466 e. The molecule has 0 aliphatic rings. The van der Waals surface area contributed by atoms with E-state index >= 15 is 0 Å².